The van der Waals surface area contributed by atoms with E-state index in [0.29, 0.717) is 11.3 Å². The molecule has 0 spiro atoms. The zero-order chi connectivity index (χ0) is 14.7. The molecule has 6 heteroatoms. The van der Waals surface area contributed by atoms with Crippen molar-refractivity contribution >= 4 is 5.91 Å². The van der Waals surface area contributed by atoms with Gasteiger partial charge in [0.1, 0.15) is 0 Å². The number of carbonyl (C=O) groups excluding carboxylic acids is 1. The summed E-state index contributed by atoms with van der Waals surface area (Å²) in [4.78, 5) is 12.2. The van der Waals surface area contributed by atoms with Crippen LogP contribution in [0, 0.1) is 6.92 Å². The Kier molecular flexibility index (Phi) is 4.22. The lowest BCUT2D eigenvalue weighted by atomic mass is 10.2. The Morgan fingerprint density at radius 3 is 2.80 bits per heavy atom. The third kappa shape index (κ3) is 2.89. The molecule has 108 valence electrons. The van der Waals surface area contributed by atoms with Crippen LogP contribution in [0.3, 0.4) is 0 Å². The predicted molar refractivity (Wildman–Crippen MR) is 74.4 cm³/mol. The maximum atomic E-state index is 12.2. The minimum absolute atomic E-state index is 0.149. The van der Waals surface area contributed by atoms with Crippen LogP contribution in [0.15, 0.2) is 16.8 Å². The summed E-state index contributed by atoms with van der Waals surface area (Å²) in [6.07, 6.45) is 2.57. The second-order valence-corrected chi connectivity index (χ2v) is 4.75. The molecule has 0 saturated heterocycles. The van der Waals surface area contributed by atoms with Gasteiger partial charge in [-0.05, 0) is 27.2 Å². The third-order valence-corrected chi connectivity index (χ3v) is 3.23. The molecule has 0 aliphatic rings. The lowest BCUT2D eigenvalue weighted by Gasteiger charge is -2.09. The van der Waals surface area contributed by atoms with Crippen molar-refractivity contribution in [3.05, 3.63) is 35.0 Å². The fourth-order valence-corrected chi connectivity index (χ4v) is 1.95. The van der Waals surface area contributed by atoms with Crippen molar-refractivity contribution < 1.29 is 9.32 Å². The van der Waals surface area contributed by atoms with E-state index in [0.717, 1.165) is 24.4 Å². The van der Waals surface area contributed by atoms with E-state index in [9.17, 15) is 4.79 Å². The van der Waals surface area contributed by atoms with E-state index >= 15 is 0 Å². The molecule has 0 aliphatic carbocycles. The molecule has 0 bridgehead atoms. The fourth-order valence-electron chi connectivity index (χ4n) is 1.95. The second kappa shape index (κ2) is 5.90. The number of hydrogen-bond donors (Lipinski definition) is 1. The Balaban J connectivity index is 2.08. The van der Waals surface area contributed by atoms with Gasteiger partial charge >= 0.3 is 0 Å². The number of hydrogen-bond acceptors (Lipinski definition) is 4. The van der Waals surface area contributed by atoms with E-state index in [-0.39, 0.29) is 11.9 Å². The molecule has 0 saturated carbocycles. The molecule has 2 aromatic rings. The highest BCUT2D eigenvalue weighted by Gasteiger charge is 2.18. The Morgan fingerprint density at radius 2 is 2.25 bits per heavy atom. The topological polar surface area (TPSA) is 73.0 Å². The number of aryl methyl sites for hydroxylation is 3. The molecule has 0 radical (unpaired) electrons. The van der Waals surface area contributed by atoms with Crippen LogP contribution in [-0.4, -0.2) is 20.8 Å². The molecule has 20 heavy (non-hydrogen) atoms. The summed E-state index contributed by atoms with van der Waals surface area (Å²) in [6.45, 7) is 8.43. The summed E-state index contributed by atoms with van der Waals surface area (Å²) in [5, 5.41) is 11.1. The molecule has 1 amide bonds. The molecule has 2 aromatic heterocycles. The van der Waals surface area contributed by atoms with Crippen LogP contribution in [-0.2, 0) is 13.0 Å². The number of aromatic nitrogens is 3. The molecule has 6 nitrogen and oxygen atoms in total. The maximum Gasteiger partial charge on any atom is 0.255 e. The van der Waals surface area contributed by atoms with Crippen LogP contribution < -0.4 is 5.32 Å². The maximum absolute atomic E-state index is 12.2. The van der Waals surface area contributed by atoms with Gasteiger partial charge in [0, 0.05) is 18.8 Å². The Labute approximate surface area is 118 Å². The van der Waals surface area contributed by atoms with Crippen molar-refractivity contribution in [1.82, 2.24) is 20.3 Å². The van der Waals surface area contributed by atoms with Gasteiger partial charge in [-0.3, -0.25) is 9.48 Å². The predicted octanol–water partition coefficient (Wildman–Crippen LogP) is 2.25. The van der Waals surface area contributed by atoms with Crippen molar-refractivity contribution in [3.63, 3.8) is 0 Å². The summed E-state index contributed by atoms with van der Waals surface area (Å²) in [7, 11) is 0. The number of carbonyl (C=O) groups is 1. The smallest absolute Gasteiger partial charge is 0.255 e. The van der Waals surface area contributed by atoms with Gasteiger partial charge in [-0.2, -0.15) is 5.10 Å². The van der Waals surface area contributed by atoms with Gasteiger partial charge in [-0.15, -0.1) is 0 Å². The van der Waals surface area contributed by atoms with E-state index in [1.807, 2.05) is 33.8 Å². The standard InChI is InChI=1S/C14H20N4O2/c1-5-11-7-13(20-17-11)10(4)15-14(19)12-8-18(6-2)16-9(12)3/h7-8,10H,5-6H2,1-4H3,(H,15,19)/t10-/m0/s1. The van der Waals surface area contributed by atoms with Gasteiger partial charge in [0.2, 0.25) is 0 Å². The third-order valence-electron chi connectivity index (χ3n) is 3.23. The first kappa shape index (κ1) is 14.3. The molecule has 2 heterocycles. The number of amides is 1. The van der Waals surface area contributed by atoms with Crippen LogP contribution >= 0.6 is 0 Å². The van der Waals surface area contributed by atoms with E-state index in [2.05, 4.69) is 15.6 Å². The van der Waals surface area contributed by atoms with Crippen LogP contribution in [0.2, 0.25) is 0 Å². The molecular formula is C14H20N4O2. The van der Waals surface area contributed by atoms with Crippen LogP contribution in [0.5, 0.6) is 0 Å². The molecule has 0 unspecified atom stereocenters. The van der Waals surface area contributed by atoms with Gasteiger partial charge in [0.25, 0.3) is 5.91 Å². The van der Waals surface area contributed by atoms with Gasteiger partial charge in [-0.25, -0.2) is 0 Å². The average molecular weight is 276 g/mol. The molecular weight excluding hydrogens is 256 g/mol. The minimum Gasteiger partial charge on any atom is -0.359 e. The Morgan fingerprint density at radius 1 is 1.50 bits per heavy atom. The van der Waals surface area contributed by atoms with E-state index in [1.165, 1.54) is 0 Å². The SMILES string of the molecule is CCc1cc([C@H](C)NC(=O)c2cn(CC)nc2C)on1. The number of rotatable bonds is 5. The first-order valence-electron chi connectivity index (χ1n) is 6.85. The molecule has 0 aliphatic heterocycles. The lowest BCUT2D eigenvalue weighted by molar-refractivity contribution is 0.0933. The Bertz CT molecular complexity index is 600. The summed E-state index contributed by atoms with van der Waals surface area (Å²) in [5.74, 6) is 0.514. The molecule has 2 rings (SSSR count). The number of nitrogens with zero attached hydrogens (tertiary/aromatic N) is 3. The second-order valence-electron chi connectivity index (χ2n) is 4.75. The summed E-state index contributed by atoms with van der Waals surface area (Å²) >= 11 is 0. The molecule has 0 aromatic carbocycles. The summed E-state index contributed by atoms with van der Waals surface area (Å²) in [5.41, 5.74) is 2.20. The van der Waals surface area contributed by atoms with E-state index in [1.54, 1.807) is 10.9 Å². The van der Waals surface area contributed by atoms with Crippen LogP contribution in [0.1, 0.15) is 54.3 Å². The lowest BCUT2D eigenvalue weighted by Crippen LogP contribution is -2.26. The van der Waals surface area contributed by atoms with Gasteiger partial charge in [0.05, 0.1) is 23.0 Å². The zero-order valence-electron chi connectivity index (χ0n) is 12.3. The van der Waals surface area contributed by atoms with E-state index in [4.69, 9.17) is 4.52 Å². The number of nitrogens with one attached hydrogen (secondary N) is 1. The van der Waals surface area contributed by atoms with Gasteiger partial charge in [-0.1, -0.05) is 12.1 Å². The molecule has 0 fully saturated rings. The van der Waals surface area contributed by atoms with Crippen molar-refractivity contribution in [2.75, 3.05) is 0 Å². The minimum atomic E-state index is -0.223. The monoisotopic (exact) mass is 276 g/mol. The molecule has 1 N–H and O–H groups in total. The summed E-state index contributed by atoms with van der Waals surface area (Å²) < 4.78 is 6.97. The van der Waals surface area contributed by atoms with Gasteiger partial charge in [0.15, 0.2) is 5.76 Å². The van der Waals surface area contributed by atoms with Crippen molar-refractivity contribution in [3.8, 4) is 0 Å². The first-order valence-corrected chi connectivity index (χ1v) is 6.85. The van der Waals surface area contributed by atoms with Gasteiger partial charge < -0.3 is 9.84 Å². The fraction of sp³-hybridized carbons (Fsp3) is 0.500. The zero-order valence-corrected chi connectivity index (χ0v) is 12.3. The molecule has 1 atom stereocenters. The first-order chi connectivity index (χ1) is 9.55. The van der Waals surface area contributed by atoms with Crippen LogP contribution in [0.4, 0.5) is 0 Å². The highest BCUT2D eigenvalue weighted by Crippen LogP contribution is 2.15. The van der Waals surface area contributed by atoms with Crippen molar-refractivity contribution in [1.29, 1.82) is 0 Å². The quantitative estimate of drug-likeness (QED) is 0.909. The average Bonchev–Trinajstić information content (AvgIpc) is 3.04. The van der Waals surface area contributed by atoms with Crippen LogP contribution in [0.25, 0.3) is 0 Å². The van der Waals surface area contributed by atoms with Crippen molar-refractivity contribution in [2.45, 2.75) is 46.7 Å². The summed E-state index contributed by atoms with van der Waals surface area (Å²) in [6, 6.07) is 1.65. The van der Waals surface area contributed by atoms with E-state index < -0.39 is 0 Å². The normalized spacial score (nSPS) is 12.4. The van der Waals surface area contributed by atoms with Crippen molar-refractivity contribution in [2.24, 2.45) is 0 Å². The highest BCUT2D eigenvalue weighted by molar-refractivity contribution is 5.95. The Hall–Kier alpha value is -2.11. The highest BCUT2D eigenvalue weighted by atomic mass is 16.5. The largest absolute Gasteiger partial charge is 0.359 e.